The second-order valence-electron chi connectivity index (χ2n) is 15.1. The summed E-state index contributed by atoms with van der Waals surface area (Å²) < 4.78 is 0. The van der Waals surface area contributed by atoms with Crippen LogP contribution in [0.2, 0.25) is 0 Å². The number of aromatic nitrogens is 3. The summed E-state index contributed by atoms with van der Waals surface area (Å²) in [5.74, 6) is -0.807. The number of nitrogen functional groups attached to an aromatic ring is 1. The first kappa shape index (κ1) is 38.4. The number of aryl methyl sites for hydroxylation is 1. The number of likely N-dealkylation sites (tertiary alicyclic amines) is 1. The zero-order valence-electron chi connectivity index (χ0n) is 31.2. The van der Waals surface area contributed by atoms with Gasteiger partial charge in [-0.2, -0.15) is 0 Å². The van der Waals surface area contributed by atoms with Crippen molar-refractivity contribution in [1.29, 1.82) is 0 Å². The number of piperidine rings is 1. The van der Waals surface area contributed by atoms with E-state index in [0.717, 1.165) is 27.3 Å². The van der Waals surface area contributed by atoms with Crippen molar-refractivity contribution in [3.05, 3.63) is 83.0 Å². The molecule has 284 valence electrons. The second kappa shape index (κ2) is 15.9. The highest BCUT2D eigenvalue weighted by molar-refractivity contribution is 7.13. The Morgan fingerprint density at radius 3 is 2.39 bits per heavy atom. The minimum absolute atomic E-state index is 0.00777. The summed E-state index contributed by atoms with van der Waals surface area (Å²) >= 11 is 1.58. The number of nitrogens with one attached hydrogen (secondary N) is 2. The normalized spacial score (nSPS) is 18.6. The van der Waals surface area contributed by atoms with Crippen molar-refractivity contribution in [2.75, 3.05) is 30.3 Å². The summed E-state index contributed by atoms with van der Waals surface area (Å²) in [7, 11) is 0. The summed E-state index contributed by atoms with van der Waals surface area (Å²) in [5, 5.41) is 35.2. The molecular weight excluding hydrogens is 705 g/mol. The molecule has 13 nitrogen and oxygen atoms in total. The predicted molar refractivity (Wildman–Crippen MR) is 209 cm³/mol. The van der Waals surface area contributed by atoms with Gasteiger partial charge in [-0.25, -0.2) is 4.98 Å². The van der Waals surface area contributed by atoms with E-state index in [1.54, 1.807) is 35.6 Å². The number of amides is 3. The Bertz CT molecular complexity index is 2030. The highest BCUT2D eigenvalue weighted by atomic mass is 32.1. The van der Waals surface area contributed by atoms with Gasteiger partial charge < -0.3 is 36.4 Å². The quantitative estimate of drug-likeness (QED) is 0.149. The third-order valence-corrected chi connectivity index (χ3v) is 11.1. The van der Waals surface area contributed by atoms with E-state index >= 15 is 0 Å². The van der Waals surface area contributed by atoms with Crippen LogP contribution in [0.3, 0.4) is 0 Å². The Kier molecular flexibility index (Phi) is 11.3. The predicted octanol–water partition coefficient (Wildman–Crippen LogP) is 4.76. The largest absolute Gasteiger partial charge is 0.507 e. The van der Waals surface area contributed by atoms with Crippen LogP contribution >= 0.6 is 11.3 Å². The van der Waals surface area contributed by atoms with Crippen LogP contribution in [0.15, 0.2) is 71.8 Å². The Morgan fingerprint density at radius 1 is 1.04 bits per heavy atom. The molecule has 0 spiro atoms. The zero-order chi connectivity index (χ0) is 38.7. The molecule has 2 saturated heterocycles. The van der Waals surface area contributed by atoms with E-state index in [4.69, 9.17) is 5.73 Å². The molecule has 2 aliphatic rings. The molecule has 2 aliphatic heterocycles. The summed E-state index contributed by atoms with van der Waals surface area (Å²) in [6, 6.07) is 14.5. The lowest BCUT2D eigenvalue weighted by molar-refractivity contribution is -0.143. The SMILES string of the molecule is Cc1ncsc1-c1ccc([C@H](C)NC(=O)[C@@H]2C[C@@H](O)CN2C(=O)[C@@H](NC(=O)C=C2CCN(c3cc(-c4ccccc4O)nnc3N)CC2)C(C)(C)C)cc1. The molecule has 14 heteroatoms. The Labute approximate surface area is 319 Å². The number of nitrogens with zero attached hydrogens (tertiary/aromatic N) is 5. The average molecular weight is 753 g/mol. The van der Waals surface area contributed by atoms with Gasteiger partial charge in [0.2, 0.25) is 17.7 Å². The maximum atomic E-state index is 14.1. The van der Waals surface area contributed by atoms with Gasteiger partial charge in [0.25, 0.3) is 0 Å². The molecule has 2 aromatic heterocycles. The number of β-amino-alcohol motifs (C(OH)–C–C–N with tert-alkyl or cyclic N) is 1. The van der Waals surface area contributed by atoms with Gasteiger partial charge >= 0.3 is 0 Å². The lowest BCUT2D eigenvalue weighted by Gasteiger charge is -2.35. The van der Waals surface area contributed by atoms with Crippen molar-refractivity contribution in [3.63, 3.8) is 0 Å². The topological polar surface area (TPSA) is 187 Å². The van der Waals surface area contributed by atoms with Crippen LogP contribution in [0.4, 0.5) is 11.5 Å². The molecule has 0 radical (unpaired) electrons. The number of anilines is 2. The minimum atomic E-state index is -0.946. The molecule has 0 bridgehead atoms. The number of para-hydroxylation sites is 1. The van der Waals surface area contributed by atoms with E-state index in [0.29, 0.717) is 42.9 Å². The standard InChI is InChI=1S/C40H48N8O5S/c1-23(26-10-12-27(13-11-26)35-24(2)42-22-54-35)43-38(52)32-19-28(49)21-48(32)39(53)36(40(3,4)5)44-34(51)18-25-14-16-47(17-15-25)31-20-30(45-46-37(31)41)29-8-6-7-9-33(29)50/h6-13,18,20,22-23,28,32,36,49-50H,14-17,19,21H2,1-5H3,(H2,41,46)(H,43,52)(H,44,51)/t23-,28+,32-,36+/m0/s1. The van der Waals surface area contributed by atoms with Crippen LogP contribution in [0.25, 0.3) is 21.7 Å². The molecule has 2 aromatic carbocycles. The van der Waals surface area contributed by atoms with Gasteiger partial charge in [0.1, 0.15) is 17.8 Å². The van der Waals surface area contributed by atoms with Crippen LogP contribution in [-0.2, 0) is 14.4 Å². The molecule has 0 unspecified atom stereocenters. The molecule has 0 saturated carbocycles. The number of aliphatic hydroxyl groups excluding tert-OH is 1. The molecule has 4 aromatic rings. The van der Waals surface area contributed by atoms with E-state index in [1.807, 2.05) is 76.5 Å². The van der Waals surface area contributed by atoms with Gasteiger partial charge in [-0.1, -0.05) is 62.7 Å². The lowest BCUT2D eigenvalue weighted by Crippen LogP contribution is -2.57. The maximum absolute atomic E-state index is 14.1. The maximum Gasteiger partial charge on any atom is 0.246 e. The number of carbonyl (C=O) groups is 3. The smallest absolute Gasteiger partial charge is 0.246 e. The lowest BCUT2D eigenvalue weighted by atomic mass is 9.85. The van der Waals surface area contributed by atoms with Crippen LogP contribution in [-0.4, -0.2) is 85.8 Å². The number of aliphatic hydroxyl groups is 1. The van der Waals surface area contributed by atoms with Gasteiger partial charge in [0.05, 0.1) is 39.6 Å². The summed E-state index contributed by atoms with van der Waals surface area (Å²) in [6.07, 6.45) is 1.95. The van der Waals surface area contributed by atoms with Gasteiger partial charge in [-0.3, -0.25) is 14.4 Å². The van der Waals surface area contributed by atoms with Gasteiger partial charge in [-0.05, 0) is 61.4 Å². The van der Waals surface area contributed by atoms with E-state index in [1.165, 1.54) is 4.90 Å². The van der Waals surface area contributed by atoms with Crippen molar-refractivity contribution in [2.24, 2.45) is 5.41 Å². The van der Waals surface area contributed by atoms with Crippen molar-refractivity contribution in [2.45, 2.75) is 78.1 Å². The number of hydrogen-bond acceptors (Lipinski definition) is 11. The van der Waals surface area contributed by atoms with Crippen LogP contribution in [0.5, 0.6) is 5.75 Å². The van der Waals surface area contributed by atoms with Crippen molar-refractivity contribution >= 4 is 40.6 Å². The molecule has 3 amide bonds. The minimum Gasteiger partial charge on any atom is -0.507 e. The average Bonchev–Trinajstić information content (AvgIpc) is 3.76. The molecule has 6 N–H and O–H groups in total. The number of benzene rings is 2. The number of phenols is 1. The third kappa shape index (κ3) is 8.55. The Hall–Kier alpha value is -5.34. The number of nitrogens with two attached hydrogens (primary N) is 1. The molecule has 54 heavy (non-hydrogen) atoms. The highest BCUT2D eigenvalue weighted by Gasteiger charge is 2.44. The van der Waals surface area contributed by atoms with Crippen molar-refractivity contribution < 1.29 is 24.6 Å². The summed E-state index contributed by atoms with van der Waals surface area (Å²) in [6.45, 7) is 10.6. The highest BCUT2D eigenvalue weighted by Crippen LogP contribution is 2.34. The first-order chi connectivity index (χ1) is 25.7. The number of hydrogen-bond donors (Lipinski definition) is 5. The molecular formula is C40H48N8O5S. The molecule has 4 atom stereocenters. The van der Waals surface area contributed by atoms with Gasteiger partial charge in [-0.15, -0.1) is 21.5 Å². The van der Waals surface area contributed by atoms with Crippen LogP contribution in [0, 0.1) is 12.3 Å². The number of carbonyl (C=O) groups excluding carboxylic acids is 3. The Morgan fingerprint density at radius 2 is 1.74 bits per heavy atom. The summed E-state index contributed by atoms with van der Waals surface area (Å²) in [4.78, 5) is 50.2. The van der Waals surface area contributed by atoms with Crippen molar-refractivity contribution in [1.82, 2.24) is 30.7 Å². The number of phenolic OH excluding ortho intramolecular Hbond substituents is 1. The fraction of sp³-hybridized carbons (Fsp3) is 0.400. The van der Waals surface area contributed by atoms with Crippen LogP contribution in [0.1, 0.15) is 64.3 Å². The molecule has 2 fully saturated rings. The second-order valence-corrected chi connectivity index (χ2v) is 16.0. The molecule has 4 heterocycles. The van der Waals surface area contributed by atoms with Gasteiger partial charge in [0, 0.05) is 37.7 Å². The van der Waals surface area contributed by atoms with Crippen LogP contribution < -0.4 is 21.3 Å². The first-order valence-corrected chi connectivity index (χ1v) is 19.0. The third-order valence-electron chi connectivity index (χ3n) is 10.1. The molecule has 6 rings (SSSR count). The fourth-order valence-corrected chi connectivity index (χ4v) is 7.84. The van der Waals surface area contributed by atoms with E-state index in [-0.39, 0.29) is 36.5 Å². The Balaban J connectivity index is 1.09. The molecule has 0 aliphatic carbocycles. The van der Waals surface area contributed by atoms with E-state index < -0.39 is 35.4 Å². The number of thiazole rings is 1. The monoisotopic (exact) mass is 752 g/mol. The number of rotatable bonds is 9. The fourth-order valence-electron chi connectivity index (χ4n) is 7.03. The summed E-state index contributed by atoms with van der Waals surface area (Å²) in [5.41, 5.74) is 12.9. The van der Waals surface area contributed by atoms with E-state index in [9.17, 15) is 24.6 Å². The van der Waals surface area contributed by atoms with Crippen molar-refractivity contribution in [3.8, 4) is 27.4 Å². The first-order valence-electron chi connectivity index (χ1n) is 18.2. The van der Waals surface area contributed by atoms with Gasteiger partial charge in [0.15, 0.2) is 5.82 Å². The zero-order valence-corrected chi connectivity index (χ0v) is 32.1. The van der Waals surface area contributed by atoms with E-state index in [2.05, 4.69) is 30.7 Å². The number of aromatic hydroxyl groups is 1.